The summed E-state index contributed by atoms with van der Waals surface area (Å²) < 4.78 is 5.68. The first kappa shape index (κ1) is 15.0. The lowest BCUT2D eigenvalue weighted by atomic mass is 10.5. The number of rotatable bonds is 4. The average Bonchev–Trinajstić information content (AvgIpc) is 2.02. The Morgan fingerprint density at radius 3 is 2.38 bits per heavy atom. The van der Waals surface area contributed by atoms with E-state index in [1.165, 1.54) is 6.08 Å². The van der Waals surface area contributed by atoms with Crippen LogP contribution in [0.15, 0.2) is 12.2 Å². The second kappa shape index (κ2) is 6.92. The number of ether oxygens (including phenoxy) is 1. The molecule has 0 fully saturated rings. The van der Waals surface area contributed by atoms with Gasteiger partial charge in [-0.05, 0) is 13.8 Å². The maximum Gasteiger partial charge on any atom is 0.334 e. The second-order valence-electron chi connectivity index (χ2n) is 3.34. The van der Waals surface area contributed by atoms with E-state index < -0.39 is 0 Å². The molecule has 0 aliphatic carbocycles. The lowest BCUT2D eigenvalue weighted by Gasteiger charge is -2.26. The van der Waals surface area contributed by atoms with E-state index >= 15 is 0 Å². The molecular weight excluding hydrogens is 190 g/mol. The van der Waals surface area contributed by atoms with Crippen molar-refractivity contribution in [1.29, 1.82) is 0 Å². The highest BCUT2D eigenvalue weighted by molar-refractivity contribution is 5.81. The molecular formula is C9H18ClNO2. The molecule has 0 spiro atoms. The zero-order chi connectivity index (χ0) is 9.61. The SMILES string of the molecule is CC=CC(=O)OC[N+](C)(C)CC.[Cl-]. The van der Waals surface area contributed by atoms with Crippen LogP contribution in [0, 0.1) is 0 Å². The van der Waals surface area contributed by atoms with Gasteiger partial charge in [-0.15, -0.1) is 0 Å². The standard InChI is InChI=1S/C9H18NO2.ClH/c1-5-7-9(11)12-8-10(3,4)6-2;/h5,7H,6,8H2,1-4H3;1H/q+1;/p-1. The third kappa shape index (κ3) is 7.81. The monoisotopic (exact) mass is 207 g/mol. The Hall–Kier alpha value is -0.540. The lowest BCUT2D eigenvalue weighted by molar-refractivity contribution is -0.905. The van der Waals surface area contributed by atoms with Crippen LogP contribution in [0.1, 0.15) is 13.8 Å². The molecule has 0 saturated carbocycles. The summed E-state index contributed by atoms with van der Waals surface area (Å²) in [5.74, 6) is -0.267. The Balaban J connectivity index is 0. The number of esters is 1. The highest BCUT2D eigenvalue weighted by atomic mass is 35.5. The fourth-order valence-electron chi connectivity index (χ4n) is 0.514. The van der Waals surface area contributed by atoms with Gasteiger partial charge in [0.2, 0.25) is 6.73 Å². The van der Waals surface area contributed by atoms with Crippen molar-refractivity contribution in [3.8, 4) is 0 Å². The molecule has 0 radical (unpaired) electrons. The maximum absolute atomic E-state index is 10.9. The summed E-state index contributed by atoms with van der Waals surface area (Å²) in [7, 11) is 4.03. The maximum atomic E-state index is 10.9. The molecule has 0 aromatic rings. The van der Waals surface area contributed by atoms with E-state index in [2.05, 4.69) is 6.92 Å². The topological polar surface area (TPSA) is 26.3 Å². The summed E-state index contributed by atoms with van der Waals surface area (Å²) in [4.78, 5) is 10.9. The zero-order valence-corrected chi connectivity index (χ0v) is 9.47. The van der Waals surface area contributed by atoms with E-state index in [4.69, 9.17) is 4.74 Å². The number of hydrogen-bond donors (Lipinski definition) is 0. The first-order valence-electron chi connectivity index (χ1n) is 4.13. The van der Waals surface area contributed by atoms with Crippen molar-refractivity contribution >= 4 is 5.97 Å². The van der Waals surface area contributed by atoms with E-state index in [1.54, 1.807) is 13.0 Å². The van der Waals surface area contributed by atoms with E-state index in [-0.39, 0.29) is 18.4 Å². The summed E-state index contributed by atoms with van der Waals surface area (Å²) in [6.45, 7) is 5.23. The van der Waals surface area contributed by atoms with E-state index in [1.807, 2.05) is 14.1 Å². The van der Waals surface area contributed by atoms with Crippen molar-refractivity contribution in [3.63, 3.8) is 0 Å². The van der Waals surface area contributed by atoms with Crippen molar-refractivity contribution in [1.82, 2.24) is 0 Å². The quantitative estimate of drug-likeness (QED) is 0.235. The van der Waals surface area contributed by atoms with Gasteiger partial charge in [0.1, 0.15) is 0 Å². The van der Waals surface area contributed by atoms with Crippen molar-refractivity contribution < 1.29 is 26.4 Å². The van der Waals surface area contributed by atoms with Gasteiger partial charge >= 0.3 is 5.97 Å². The Morgan fingerprint density at radius 2 is 2.00 bits per heavy atom. The summed E-state index contributed by atoms with van der Waals surface area (Å²) >= 11 is 0. The Morgan fingerprint density at radius 1 is 1.46 bits per heavy atom. The molecule has 0 atom stereocenters. The van der Waals surface area contributed by atoms with Crippen LogP contribution in [0.25, 0.3) is 0 Å². The van der Waals surface area contributed by atoms with Crippen LogP contribution in [-0.2, 0) is 9.53 Å². The third-order valence-corrected chi connectivity index (χ3v) is 1.72. The van der Waals surface area contributed by atoms with Gasteiger partial charge in [-0.25, -0.2) is 4.79 Å². The molecule has 0 aromatic carbocycles. The van der Waals surface area contributed by atoms with Crippen LogP contribution in [0.3, 0.4) is 0 Å². The summed E-state index contributed by atoms with van der Waals surface area (Å²) in [6, 6.07) is 0. The van der Waals surface area contributed by atoms with Crippen molar-refractivity contribution in [2.45, 2.75) is 13.8 Å². The molecule has 0 heterocycles. The second-order valence-corrected chi connectivity index (χ2v) is 3.34. The molecule has 0 N–H and O–H groups in total. The van der Waals surface area contributed by atoms with Crippen molar-refractivity contribution in [2.24, 2.45) is 0 Å². The molecule has 0 bridgehead atoms. The predicted octanol–water partition coefficient (Wildman–Crippen LogP) is -1.84. The highest BCUT2D eigenvalue weighted by Crippen LogP contribution is 1.96. The molecule has 13 heavy (non-hydrogen) atoms. The van der Waals surface area contributed by atoms with Crippen LogP contribution in [-0.4, -0.2) is 37.8 Å². The highest BCUT2D eigenvalue weighted by Gasteiger charge is 2.12. The lowest BCUT2D eigenvalue weighted by Crippen LogP contribution is -3.00. The van der Waals surface area contributed by atoms with Crippen LogP contribution < -0.4 is 12.4 Å². The van der Waals surface area contributed by atoms with Gasteiger partial charge in [0.15, 0.2) is 0 Å². The van der Waals surface area contributed by atoms with Crippen molar-refractivity contribution in [2.75, 3.05) is 27.4 Å². The Kier molecular flexibility index (Phi) is 7.96. The van der Waals surface area contributed by atoms with Crippen LogP contribution >= 0.6 is 0 Å². The zero-order valence-electron chi connectivity index (χ0n) is 8.71. The number of allylic oxidation sites excluding steroid dienone is 1. The Bertz CT molecular complexity index is 178. The number of quaternary nitrogens is 1. The fourth-order valence-corrected chi connectivity index (χ4v) is 0.514. The van der Waals surface area contributed by atoms with Crippen LogP contribution in [0.5, 0.6) is 0 Å². The van der Waals surface area contributed by atoms with Crippen molar-refractivity contribution in [3.05, 3.63) is 12.2 Å². The van der Waals surface area contributed by atoms with Gasteiger partial charge in [-0.2, -0.15) is 0 Å². The fraction of sp³-hybridized carbons (Fsp3) is 0.667. The number of halogens is 1. The molecule has 0 aliphatic heterocycles. The largest absolute Gasteiger partial charge is 1.00 e. The molecule has 0 aromatic heterocycles. The van der Waals surface area contributed by atoms with Gasteiger partial charge in [-0.3, -0.25) is 4.48 Å². The minimum atomic E-state index is -0.267. The summed E-state index contributed by atoms with van der Waals surface area (Å²) in [5, 5.41) is 0. The molecule has 78 valence electrons. The number of carbonyl (C=O) groups is 1. The first-order chi connectivity index (χ1) is 5.52. The number of nitrogens with zero attached hydrogens (tertiary/aromatic N) is 1. The van der Waals surface area contributed by atoms with E-state index in [0.29, 0.717) is 11.2 Å². The molecule has 0 unspecified atom stereocenters. The Labute approximate surface area is 86.4 Å². The average molecular weight is 208 g/mol. The molecule has 3 nitrogen and oxygen atoms in total. The molecule has 0 rings (SSSR count). The smallest absolute Gasteiger partial charge is 0.334 e. The van der Waals surface area contributed by atoms with E-state index in [9.17, 15) is 4.79 Å². The third-order valence-electron chi connectivity index (χ3n) is 1.72. The normalized spacial score (nSPS) is 11.1. The molecule has 4 heteroatoms. The van der Waals surface area contributed by atoms with Gasteiger partial charge in [-0.1, -0.05) is 6.08 Å². The minimum absolute atomic E-state index is 0. The summed E-state index contributed by atoms with van der Waals surface area (Å²) in [5.41, 5.74) is 0. The number of carbonyl (C=O) groups excluding carboxylic acids is 1. The summed E-state index contributed by atoms with van der Waals surface area (Å²) in [6.07, 6.45) is 3.10. The van der Waals surface area contributed by atoms with Gasteiger partial charge < -0.3 is 17.1 Å². The van der Waals surface area contributed by atoms with Crippen LogP contribution in [0.4, 0.5) is 0 Å². The number of hydrogen-bond acceptors (Lipinski definition) is 2. The van der Waals surface area contributed by atoms with Crippen LogP contribution in [0.2, 0.25) is 0 Å². The van der Waals surface area contributed by atoms with Gasteiger partial charge in [0.05, 0.1) is 20.6 Å². The first-order valence-corrected chi connectivity index (χ1v) is 4.13. The molecule has 0 aliphatic rings. The van der Waals surface area contributed by atoms with Gasteiger partial charge in [0, 0.05) is 6.08 Å². The molecule has 0 saturated heterocycles. The van der Waals surface area contributed by atoms with E-state index in [0.717, 1.165) is 6.54 Å². The molecule has 0 amide bonds. The van der Waals surface area contributed by atoms with Gasteiger partial charge in [0.25, 0.3) is 0 Å². The minimum Gasteiger partial charge on any atom is -1.00 e. The predicted molar refractivity (Wildman–Crippen MR) is 48.4 cm³/mol.